The lowest BCUT2D eigenvalue weighted by Gasteiger charge is -2.34. The summed E-state index contributed by atoms with van der Waals surface area (Å²) in [6.07, 6.45) is 3.67. The van der Waals surface area contributed by atoms with E-state index in [9.17, 15) is 4.79 Å². The van der Waals surface area contributed by atoms with E-state index in [4.69, 9.17) is 10.3 Å². The highest BCUT2D eigenvalue weighted by Gasteiger charge is 2.38. The van der Waals surface area contributed by atoms with Gasteiger partial charge in [-0.15, -0.1) is 35.1 Å². The molecule has 7 nitrogen and oxygen atoms in total. The van der Waals surface area contributed by atoms with E-state index in [1.165, 1.54) is 11.3 Å². The van der Waals surface area contributed by atoms with Crippen molar-refractivity contribution in [3.63, 3.8) is 0 Å². The molecular weight excluding hydrogens is 394 g/mol. The van der Waals surface area contributed by atoms with Crippen molar-refractivity contribution in [1.29, 1.82) is 0 Å². The minimum Gasteiger partial charge on any atom is -0.339 e. The highest BCUT2D eigenvalue weighted by Crippen LogP contribution is 2.37. The Labute approximate surface area is 164 Å². The Kier molecular flexibility index (Phi) is 5.71. The third-order valence-electron chi connectivity index (χ3n) is 4.20. The molecule has 1 saturated carbocycles. The molecule has 0 atom stereocenters. The van der Waals surface area contributed by atoms with Crippen molar-refractivity contribution in [2.24, 2.45) is 5.73 Å². The van der Waals surface area contributed by atoms with Crippen molar-refractivity contribution in [2.75, 3.05) is 5.32 Å². The Hall–Kier alpha value is -1.81. The molecule has 1 amide bonds. The van der Waals surface area contributed by atoms with E-state index in [-0.39, 0.29) is 18.3 Å². The van der Waals surface area contributed by atoms with E-state index in [1.54, 1.807) is 11.3 Å². The topological polar surface area (TPSA) is 107 Å². The molecule has 3 aromatic heterocycles. The number of nitrogens with zero attached hydrogens (tertiary/aromatic N) is 3. The molecule has 0 aliphatic heterocycles. The van der Waals surface area contributed by atoms with Gasteiger partial charge in [-0.3, -0.25) is 4.79 Å². The second kappa shape index (κ2) is 7.83. The molecule has 138 valence electrons. The van der Waals surface area contributed by atoms with Crippen molar-refractivity contribution < 1.29 is 9.32 Å². The molecule has 0 spiro atoms. The minimum absolute atomic E-state index is 0. The minimum atomic E-state index is -0.426. The van der Waals surface area contributed by atoms with Gasteiger partial charge in [-0.25, -0.2) is 4.98 Å². The molecule has 4 rings (SSSR count). The Morgan fingerprint density at radius 2 is 2.19 bits per heavy atom. The first-order chi connectivity index (χ1) is 12.1. The number of hydrogen-bond donors (Lipinski definition) is 2. The van der Waals surface area contributed by atoms with Crippen molar-refractivity contribution >= 4 is 46.1 Å². The zero-order chi connectivity index (χ0) is 17.3. The number of rotatable bonds is 6. The summed E-state index contributed by atoms with van der Waals surface area (Å²) in [5, 5.41) is 11.2. The molecule has 1 aliphatic rings. The lowest BCUT2D eigenvalue weighted by atomic mass is 9.77. The number of anilines is 1. The number of thiophene rings is 1. The Bertz CT molecular complexity index is 873. The van der Waals surface area contributed by atoms with Gasteiger partial charge in [-0.05, 0) is 30.7 Å². The van der Waals surface area contributed by atoms with Crippen LogP contribution in [0.15, 0.2) is 27.4 Å². The van der Waals surface area contributed by atoms with Crippen LogP contribution in [0.2, 0.25) is 0 Å². The predicted molar refractivity (Wildman–Crippen MR) is 103 cm³/mol. The lowest BCUT2D eigenvalue weighted by Crippen LogP contribution is -2.44. The molecule has 0 saturated heterocycles. The standard InChI is InChI=1S/C16H17N5O2S2.ClH/c17-16(4-2-5-16)14-20-13(23-21-14)7-10-9-25-15(18-10)19-12(22)8-11-3-1-6-24-11;/h1,3,6,9H,2,4-5,7-8,17H2,(H,18,19,22);1H. The number of hydrogen-bond acceptors (Lipinski definition) is 8. The van der Waals surface area contributed by atoms with Crippen molar-refractivity contribution in [3.8, 4) is 0 Å². The van der Waals surface area contributed by atoms with Crippen molar-refractivity contribution in [1.82, 2.24) is 15.1 Å². The third kappa shape index (κ3) is 4.12. The maximum Gasteiger partial charge on any atom is 0.232 e. The van der Waals surface area contributed by atoms with Crippen LogP contribution in [0.25, 0.3) is 0 Å². The number of amides is 1. The number of carbonyl (C=O) groups excluding carboxylic acids is 1. The van der Waals surface area contributed by atoms with Gasteiger partial charge in [0.05, 0.1) is 24.1 Å². The Morgan fingerprint density at radius 1 is 1.35 bits per heavy atom. The molecule has 0 unspecified atom stereocenters. The van der Waals surface area contributed by atoms with Crippen LogP contribution in [0.5, 0.6) is 0 Å². The molecule has 10 heteroatoms. The number of thiazole rings is 1. The number of carbonyl (C=O) groups is 1. The van der Waals surface area contributed by atoms with Crippen molar-refractivity contribution in [2.45, 2.75) is 37.6 Å². The number of nitrogens with two attached hydrogens (primary N) is 1. The van der Waals surface area contributed by atoms with Gasteiger partial charge in [0.25, 0.3) is 0 Å². The maximum absolute atomic E-state index is 12.0. The zero-order valence-corrected chi connectivity index (χ0v) is 16.3. The summed E-state index contributed by atoms with van der Waals surface area (Å²) in [4.78, 5) is 21.8. The summed E-state index contributed by atoms with van der Waals surface area (Å²) >= 11 is 2.95. The van der Waals surface area contributed by atoms with Gasteiger partial charge in [-0.1, -0.05) is 11.2 Å². The van der Waals surface area contributed by atoms with E-state index in [0.717, 1.165) is 29.8 Å². The smallest absolute Gasteiger partial charge is 0.232 e. The highest BCUT2D eigenvalue weighted by atomic mass is 35.5. The van der Waals surface area contributed by atoms with Crippen LogP contribution in [0.1, 0.15) is 41.5 Å². The van der Waals surface area contributed by atoms with Gasteiger partial charge in [0, 0.05) is 10.3 Å². The van der Waals surface area contributed by atoms with Gasteiger partial charge in [0.1, 0.15) is 0 Å². The largest absolute Gasteiger partial charge is 0.339 e. The first-order valence-corrected chi connectivity index (χ1v) is 9.75. The van der Waals surface area contributed by atoms with Crippen LogP contribution >= 0.6 is 35.1 Å². The second-order valence-electron chi connectivity index (χ2n) is 6.15. The van der Waals surface area contributed by atoms with Gasteiger partial charge in [0.2, 0.25) is 11.8 Å². The van der Waals surface area contributed by atoms with E-state index in [2.05, 4.69) is 20.4 Å². The molecule has 1 fully saturated rings. The summed E-state index contributed by atoms with van der Waals surface area (Å²) in [6.45, 7) is 0. The van der Waals surface area contributed by atoms with Crippen LogP contribution in [-0.2, 0) is 23.2 Å². The molecule has 0 bridgehead atoms. The summed E-state index contributed by atoms with van der Waals surface area (Å²) < 4.78 is 5.29. The van der Waals surface area contributed by atoms with E-state index in [1.807, 2.05) is 22.9 Å². The summed E-state index contributed by atoms with van der Waals surface area (Å²) in [5.74, 6) is 1.00. The van der Waals surface area contributed by atoms with E-state index >= 15 is 0 Å². The molecule has 26 heavy (non-hydrogen) atoms. The molecular formula is C16H18ClN5O2S2. The van der Waals surface area contributed by atoms with Gasteiger partial charge >= 0.3 is 0 Å². The normalized spacial score (nSPS) is 15.1. The molecule has 3 aromatic rings. The average molecular weight is 412 g/mol. The molecule has 1 aliphatic carbocycles. The first kappa shape index (κ1) is 19.0. The summed E-state index contributed by atoms with van der Waals surface area (Å²) in [7, 11) is 0. The van der Waals surface area contributed by atoms with Gasteiger partial charge in [-0.2, -0.15) is 4.98 Å². The average Bonchev–Trinajstić information content (AvgIpc) is 3.28. The highest BCUT2D eigenvalue weighted by molar-refractivity contribution is 7.14. The molecule has 0 radical (unpaired) electrons. The van der Waals surface area contributed by atoms with Gasteiger partial charge in [0.15, 0.2) is 11.0 Å². The van der Waals surface area contributed by atoms with Crippen LogP contribution in [0, 0.1) is 0 Å². The SMILES string of the molecule is Cl.NC1(c2noc(Cc3csc(NC(=O)Cc4cccs4)n3)n2)CCC1. The predicted octanol–water partition coefficient (Wildman–Crippen LogP) is 3.12. The fraction of sp³-hybridized carbons (Fsp3) is 0.375. The Morgan fingerprint density at radius 3 is 2.88 bits per heavy atom. The van der Waals surface area contributed by atoms with Crippen LogP contribution in [0.4, 0.5) is 5.13 Å². The quantitative estimate of drug-likeness (QED) is 0.645. The number of aromatic nitrogens is 3. The zero-order valence-electron chi connectivity index (χ0n) is 13.8. The fourth-order valence-electron chi connectivity index (χ4n) is 2.65. The molecule has 0 aromatic carbocycles. The lowest BCUT2D eigenvalue weighted by molar-refractivity contribution is -0.115. The summed E-state index contributed by atoms with van der Waals surface area (Å²) in [6, 6.07) is 3.87. The Balaban J connectivity index is 0.00000196. The monoisotopic (exact) mass is 411 g/mol. The second-order valence-corrected chi connectivity index (χ2v) is 8.04. The number of halogens is 1. The molecule has 3 heterocycles. The summed E-state index contributed by atoms with van der Waals surface area (Å²) in [5.41, 5.74) is 6.56. The first-order valence-electron chi connectivity index (χ1n) is 7.99. The maximum atomic E-state index is 12.0. The van der Waals surface area contributed by atoms with E-state index in [0.29, 0.717) is 29.7 Å². The third-order valence-corrected chi connectivity index (χ3v) is 5.89. The van der Waals surface area contributed by atoms with Crippen LogP contribution < -0.4 is 11.1 Å². The van der Waals surface area contributed by atoms with Gasteiger partial charge < -0.3 is 15.6 Å². The van der Waals surface area contributed by atoms with Crippen molar-refractivity contribution in [3.05, 3.63) is 45.2 Å². The number of nitrogens with one attached hydrogen (secondary N) is 1. The van der Waals surface area contributed by atoms with E-state index < -0.39 is 5.54 Å². The fourth-order valence-corrected chi connectivity index (χ4v) is 4.08. The van der Waals surface area contributed by atoms with Crippen LogP contribution in [0.3, 0.4) is 0 Å². The molecule has 3 N–H and O–H groups in total. The van der Waals surface area contributed by atoms with Crippen LogP contribution in [-0.4, -0.2) is 21.0 Å².